The largest absolute Gasteiger partial charge is 0.456 e. The molecule has 1 N–H and O–H groups in total. The summed E-state index contributed by atoms with van der Waals surface area (Å²) in [6, 6.07) is 9.99. The molecule has 0 atom stereocenters. The molecule has 1 heterocycles. The molecule has 3 rings (SSSR count). The molecule has 1 aromatic heterocycles. The Labute approximate surface area is 157 Å². The highest BCUT2D eigenvalue weighted by atomic mass is 32.1. The zero-order valence-corrected chi connectivity index (χ0v) is 15.0. The number of hydrogen-bond acceptors (Lipinski definition) is 7. The Bertz CT molecular complexity index is 989. The van der Waals surface area contributed by atoms with E-state index in [2.05, 4.69) is 10.3 Å². The molecular formula is C18H14FN3O4S. The standard InChI is InChI=1S/C18H14FN3O4S/c1-20-15-7-4-12(8-16(15)22(24)25)18(23)26-9-14-10-27-17(21-14)11-2-5-13(19)6-3-11/h2-8,10,20H,9H2,1H3. The van der Waals surface area contributed by atoms with Crippen molar-refractivity contribution in [3.05, 3.63) is 75.0 Å². The predicted octanol–water partition coefficient (Wildman–Crippen LogP) is 4.26. The van der Waals surface area contributed by atoms with E-state index >= 15 is 0 Å². The first kappa shape index (κ1) is 18.5. The number of hydrogen-bond donors (Lipinski definition) is 1. The minimum Gasteiger partial charge on any atom is -0.456 e. The Hall–Kier alpha value is -3.33. The summed E-state index contributed by atoms with van der Waals surface area (Å²) in [5, 5.41) is 16.2. The van der Waals surface area contributed by atoms with Crippen LogP contribution in [-0.4, -0.2) is 22.9 Å². The number of thiazole rings is 1. The van der Waals surface area contributed by atoms with Crippen molar-refractivity contribution in [1.82, 2.24) is 4.98 Å². The fourth-order valence-corrected chi connectivity index (χ4v) is 3.15. The summed E-state index contributed by atoms with van der Waals surface area (Å²) >= 11 is 1.34. The van der Waals surface area contributed by atoms with Gasteiger partial charge in [-0.05, 0) is 36.4 Å². The van der Waals surface area contributed by atoms with Crippen molar-refractivity contribution in [2.45, 2.75) is 6.61 Å². The van der Waals surface area contributed by atoms with Crippen molar-refractivity contribution in [2.24, 2.45) is 0 Å². The summed E-state index contributed by atoms with van der Waals surface area (Å²) in [5.41, 5.74) is 1.47. The van der Waals surface area contributed by atoms with Gasteiger partial charge in [0.05, 0.1) is 16.2 Å². The van der Waals surface area contributed by atoms with E-state index in [-0.39, 0.29) is 23.7 Å². The lowest BCUT2D eigenvalue weighted by atomic mass is 10.1. The average molecular weight is 387 g/mol. The van der Waals surface area contributed by atoms with Gasteiger partial charge in [-0.3, -0.25) is 10.1 Å². The summed E-state index contributed by atoms with van der Waals surface area (Å²) < 4.78 is 18.2. The summed E-state index contributed by atoms with van der Waals surface area (Å²) in [4.78, 5) is 27.0. The summed E-state index contributed by atoms with van der Waals surface area (Å²) in [5.74, 6) is -1.01. The van der Waals surface area contributed by atoms with Crippen molar-refractivity contribution in [2.75, 3.05) is 12.4 Å². The topological polar surface area (TPSA) is 94.4 Å². The average Bonchev–Trinajstić information content (AvgIpc) is 3.15. The van der Waals surface area contributed by atoms with Crippen LogP contribution in [0.5, 0.6) is 0 Å². The molecule has 9 heteroatoms. The third-order valence-electron chi connectivity index (χ3n) is 3.69. The monoisotopic (exact) mass is 387 g/mol. The fourth-order valence-electron chi connectivity index (χ4n) is 2.34. The predicted molar refractivity (Wildman–Crippen MR) is 99.3 cm³/mol. The number of aromatic nitrogens is 1. The van der Waals surface area contributed by atoms with Crippen molar-refractivity contribution >= 4 is 28.7 Å². The lowest BCUT2D eigenvalue weighted by Crippen LogP contribution is -2.07. The number of ether oxygens (including phenoxy) is 1. The third-order valence-corrected chi connectivity index (χ3v) is 4.63. The van der Waals surface area contributed by atoms with E-state index in [1.807, 2.05) is 0 Å². The molecular weight excluding hydrogens is 373 g/mol. The lowest BCUT2D eigenvalue weighted by molar-refractivity contribution is -0.384. The van der Waals surface area contributed by atoms with Crippen LogP contribution in [0.4, 0.5) is 15.8 Å². The molecule has 2 aromatic carbocycles. The second kappa shape index (κ2) is 7.92. The number of carbonyl (C=O) groups excluding carboxylic acids is 1. The smallest absolute Gasteiger partial charge is 0.338 e. The molecule has 0 radical (unpaired) electrons. The van der Waals surface area contributed by atoms with E-state index in [1.54, 1.807) is 24.6 Å². The van der Waals surface area contributed by atoms with Crippen LogP contribution in [0, 0.1) is 15.9 Å². The summed E-state index contributed by atoms with van der Waals surface area (Å²) in [6.07, 6.45) is 0. The molecule has 0 aliphatic rings. The van der Waals surface area contributed by atoms with Crippen molar-refractivity contribution in [3.8, 4) is 10.6 Å². The molecule has 0 aliphatic carbocycles. The normalized spacial score (nSPS) is 10.4. The van der Waals surface area contributed by atoms with Gasteiger partial charge in [0.1, 0.15) is 23.1 Å². The van der Waals surface area contributed by atoms with Crippen LogP contribution < -0.4 is 5.32 Å². The zero-order valence-electron chi connectivity index (χ0n) is 14.1. The molecule has 138 valence electrons. The van der Waals surface area contributed by atoms with Gasteiger partial charge in [-0.1, -0.05) is 0 Å². The highest BCUT2D eigenvalue weighted by Crippen LogP contribution is 2.26. The SMILES string of the molecule is CNc1ccc(C(=O)OCc2csc(-c3ccc(F)cc3)n2)cc1[N+](=O)[O-]. The molecule has 0 unspecified atom stereocenters. The summed E-state index contributed by atoms with van der Waals surface area (Å²) in [7, 11) is 1.56. The Morgan fingerprint density at radius 2 is 2.04 bits per heavy atom. The quantitative estimate of drug-likeness (QED) is 0.386. The number of anilines is 1. The van der Waals surface area contributed by atoms with E-state index in [4.69, 9.17) is 4.74 Å². The molecule has 0 aliphatic heterocycles. The Morgan fingerprint density at radius 3 is 2.70 bits per heavy atom. The second-order valence-electron chi connectivity index (χ2n) is 5.47. The Balaban J connectivity index is 1.68. The number of nitrogens with zero attached hydrogens (tertiary/aromatic N) is 2. The van der Waals surface area contributed by atoms with Gasteiger partial charge in [-0.2, -0.15) is 0 Å². The van der Waals surface area contributed by atoms with E-state index in [1.165, 1.54) is 41.7 Å². The van der Waals surface area contributed by atoms with Gasteiger partial charge >= 0.3 is 5.97 Å². The third kappa shape index (κ3) is 4.26. The number of benzene rings is 2. The number of rotatable bonds is 6. The molecule has 3 aromatic rings. The van der Waals surface area contributed by atoms with Gasteiger partial charge in [-0.25, -0.2) is 14.2 Å². The first-order valence-corrected chi connectivity index (χ1v) is 8.69. The maximum absolute atomic E-state index is 13.0. The van der Waals surface area contributed by atoms with E-state index < -0.39 is 10.9 Å². The molecule has 7 nitrogen and oxygen atoms in total. The number of nitro groups is 1. The van der Waals surface area contributed by atoms with Gasteiger partial charge in [0.15, 0.2) is 0 Å². The van der Waals surface area contributed by atoms with Crippen LogP contribution in [0.2, 0.25) is 0 Å². The Kier molecular flexibility index (Phi) is 5.41. The Morgan fingerprint density at radius 1 is 1.30 bits per heavy atom. The number of nitro benzene ring substituents is 1. The van der Waals surface area contributed by atoms with E-state index in [9.17, 15) is 19.3 Å². The molecule has 0 saturated heterocycles. The van der Waals surface area contributed by atoms with E-state index in [0.717, 1.165) is 5.56 Å². The molecule has 27 heavy (non-hydrogen) atoms. The van der Waals surface area contributed by atoms with Gasteiger partial charge in [0, 0.05) is 24.1 Å². The summed E-state index contributed by atoms with van der Waals surface area (Å²) in [6.45, 7) is -0.0713. The fraction of sp³-hybridized carbons (Fsp3) is 0.111. The van der Waals surface area contributed by atoms with Crippen molar-refractivity contribution in [1.29, 1.82) is 0 Å². The molecule has 0 fully saturated rings. The van der Waals surface area contributed by atoms with Crippen LogP contribution >= 0.6 is 11.3 Å². The van der Waals surface area contributed by atoms with Crippen LogP contribution in [0.15, 0.2) is 47.8 Å². The minimum absolute atomic E-state index is 0.0713. The maximum atomic E-state index is 13.0. The van der Waals surface area contributed by atoms with Gasteiger partial charge < -0.3 is 10.1 Å². The molecule has 0 bridgehead atoms. The number of esters is 1. The molecule has 0 spiro atoms. The van der Waals surface area contributed by atoms with E-state index in [0.29, 0.717) is 16.4 Å². The number of nitrogens with one attached hydrogen (secondary N) is 1. The first-order chi connectivity index (χ1) is 13.0. The van der Waals surface area contributed by atoms with Gasteiger partial charge in [0.2, 0.25) is 0 Å². The van der Waals surface area contributed by atoms with Crippen LogP contribution in [0.25, 0.3) is 10.6 Å². The van der Waals surface area contributed by atoms with Gasteiger partial charge in [0.25, 0.3) is 5.69 Å². The van der Waals surface area contributed by atoms with Crippen LogP contribution in [0.3, 0.4) is 0 Å². The molecule has 0 amide bonds. The number of halogens is 1. The first-order valence-electron chi connectivity index (χ1n) is 7.81. The zero-order chi connectivity index (χ0) is 19.4. The highest BCUT2D eigenvalue weighted by Gasteiger charge is 2.18. The van der Waals surface area contributed by atoms with Gasteiger partial charge in [-0.15, -0.1) is 11.3 Å². The van der Waals surface area contributed by atoms with Crippen LogP contribution in [-0.2, 0) is 11.3 Å². The van der Waals surface area contributed by atoms with Crippen LogP contribution in [0.1, 0.15) is 16.1 Å². The lowest BCUT2D eigenvalue weighted by Gasteiger charge is -2.06. The second-order valence-corrected chi connectivity index (χ2v) is 6.32. The maximum Gasteiger partial charge on any atom is 0.338 e. The molecule has 0 saturated carbocycles. The number of carbonyl (C=O) groups is 1. The minimum atomic E-state index is -0.683. The highest BCUT2D eigenvalue weighted by molar-refractivity contribution is 7.13. The van der Waals surface area contributed by atoms with Crippen molar-refractivity contribution in [3.63, 3.8) is 0 Å². The van der Waals surface area contributed by atoms with Crippen molar-refractivity contribution < 1.29 is 18.8 Å².